The number of thioether (sulfide) groups is 2. The van der Waals surface area contributed by atoms with Gasteiger partial charge in [-0.25, -0.2) is 0 Å². The Bertz CT molecular complexity index is 191. The van der Waals surface area contributed by atoms with Gasteiger partial charge in [0.05, 0.1) is 10.7 Å². The zero-order valence-corrected chi connectivity index (χ0v) is 12.2. The largest absolute Gasteiger partial charge is 0.393 e. The average molecular weight is 344 g/mol. The lowest BCUT2D eigenvalue weighted by molar-refractivity contribution is 0.172. The van der Waals surface area contributed by atoms with Gasteiger partial charge in [-0.3, -0.25) is 0 Å². The summed E-state index contributed by atoms with van der Waals surface area (Å²) in [6.07, 6.45) is 5.02. The highest BCUT2D eigenvalue weighted by molar-refractivity contribution is 14.1. The van der Waals surface area contributed by atoms with E-state index in [1.807, 2.05) is 30.4 Å². The average Bonchev–Trinajstić information content (AvgIpc) is 2.19. The third kappa shape index (κ3) is 5.28. The van der Waals surface area contributed by atoms with Crippen molar-refractivity contribution in [1.29, 1.82) is 0 Å². The summed E-state index contributed by atoms with van der Waals surface area (Å²) in [6, 6.07) is 0. The monoisotopic (exact) mass is 344 g/mol. The molecule has 82 valence electrons. The van der Waals surface area contributed by atoms with E-state index in [1.165, 1.54) is 21.5 Å². The molecule has 0 aromatic rings. The Morgan fingerprint density at radius 1 is 1.57 bits per heavy atom. The van der Waals surface area contributed by atoms with E-state index < -0.39 is 0 Å². The maximum absolute atomic E-state index is 9.83. The molecular weight excluding hydrogens is 327 g/mol. The zero-order valence-electron chi connectivity index (χ0n) is 8.41. The lowest BCUT2D eigenvalue weighted by Gasteiger charge is -2.23. The Morgan fingerprint density at radius 2 is 2.21 bits per heavy atom. The molecule has 1 N–H and O–H groups in total. The molecule has 0 aliphatic carbocycles. The third-order valence-corrected chi connectivity index (χ3v) is 6.16. The minimum absolute atomic E-state index is 0.152. The molecule has 1 fully saturated rings. The van der Waals surface area contributed by atoms with Crippen molar-refractivity contribution in [3.63, 3.8) is 0 Å². The molecular formula is C10H17IOS2. The highest BCUT2D eigenvalue weighted by Crippen LogP contribution is 2.34. The summed E-state index contributed by atoms with van der Waals surface area (Å²) in [5, 5.41) is 9.83. The van der Waals surface area contributed by atoms with Gasteiger partial charge in [0.25, 0.3) is 0 Å². The maximum atomic E-state index is 9.83. The molecule has 1 heterocycles. The predicted octanol–water partition coefficient (Wildman–Crippen LogP) is 3.66. The number of hydrogen-bond acceptors (Lipinski definition) is 3. The number of aliphatic hydroxyl groups excluding tert-OH is 1. The number of hydrogen-bond donors (Lipinski definition) is 1. The summed E-state index contributed by atoms with van der Waals surface area (Å²) < 4.78 is 1.89. The Hall–Kier alpha value is 1.13. The van der Waals surface area contributed by atoms with Gasteiger partial charge in [0, 0.05) is 6.42 Å². The third-order valence-electron chi connectivity index (χ3n) is 2.10. The summed E-state index contributed by atoms with van der Waals surface area (Å²) in [4.78, 5) is 0. The zero-order chi connectivity index (χ0) is 10.4. The van der Waals surface area contributed by atoms with Gasteiger partial charge < -0.3 is 5.11 Å². The molecule has 0 bridgehead atoms. The van der Waals surface area contributed by atoms with Crippen LogP contribution in [0.15, 0.2) is 9.66 Å². The van der Waals surface area contributed by atoms with Crippen molar-refractivity contribution in [2.75, 3.05) is 11.5 Å². The van der Waals surface area contributed by atoms with Crippen molar-refractivity contribution in [2.24, 2.45) is 0 Å². The van der Waals surface area contributed by atoms with Gasteiger partial charge in [-0.2, -0.15) is 0 Å². The van der Waals surface area contributed by atoms with Crippen LogP contribution in [0.2, 0.25) is 0 Å². The summed E-state index contributed by atoms with van der Waals surface area (Å²) >= 11 is 6.32. The van der Waals surface area contributed by atoms with Crippen LogP contribution in [0.1, 0.15) is 26.2 Å². The first-order valence-electron chi connectivity index (χ1n) is 4.94. The number of aliphatic hydroxyl groups is 1. The van der Waals surface area contributed by atoms with Crippen molar-refractivity contribution in [3.05, 3.63) is 9.66 Å². The van der Waals surface area contributed by atoms with E-state index in [2.05, 4.69) is 28.7 Å². The Labute approximate surface area is 109 Å². The molecule has 0 aromatic heterocycles. The number of rotatable bonds is 4. The van der Waals surface area contributed by atoms with Crippen LogP contribution in [-0.4, -0.2) is 27.3 Å². The van der Waals surface area contributed by atoms with E-state index in [0.29, 0.717) is 4.58 Å². The topological polar surface area (TPSA) is 20.2 Å². The van der Waals surface area contributed by atoms with Crippen LogP contribution in [0, 0.1) is 0 Å². The molecule has 1 aliphatic heterocycles. The van der Waals surface area contributed by atoms with Crippen LogP contribution in [0.25, 0.3) is 0 Å². The SMILES string of the molecule is C/C=C(\I)CC(O)CC1SCCCS1. The van der Waals surface area contributed by atoms with Crippen LogP contribution in [-0.2, 0) is 0 Å². The van der Waals surface area contributed by atoms with Crippen LogP contribution in [0.3, 0.4) is 0 Å². The number of halogens is 1. The molecule has 0 saturated carbocycles. The van der Waals surface area contributed by atoms with Gasteiger partial charge in [-0.15, -0.1) is 23.5 Å². The van der Waals surface area contributed by atoms with Gasteiger partial charge >= 0.3 is 0 Å². The van der Waals surface area contributed by atoms with E-state index in [1.54, 1.807) is 0 Å². The predicted molar refractivity (Wildman–Crippen MR) is 76.3 cm³/mol. The Kier molecular flexibility index (Phi) is 6.99. The standard InChI is InChI=1S/C10H17IOS2/c1-2-8(11)6-9(12)7-10-13-4-3-5-14-10/h2,9-10,12H,3-7H2,1H3/b8-2-. The van der Waals surface area contributed by atoms with Crippen molar-refractivity contribution in [2.45, 2.75) is 36.9 Å². The normalized spacial score (nSPS) is 22.4. The molecule has 0 spiro atoms. The van der Waals surface area contributed by atoms with Gasteiger partial charge in [-0.1, -0.05) is 6.08 Å². The van der Waals surface area contributed by atoms with Crippen molar-refractivity contribution in [1.82, 2.24) is 0 Å². The van der Waals surface area contributed by atoms with E-state index >= 15 is 0 Å². The second-order valence-electron chi connectivity index (χ2n) is 3.35. The molecule has 1 rings (SSSR count). The van der Waals surface area contributed by atoms with Crippen molar-refractivity contribution >= 4 is 46.1 Å². The smallest absolute Gasteiger partial charge is 0.0603 e. The lowest BCUT2D eigenvalue weighted by Crippen LogP contribution is -2.16. The minimum Gasteiger partial charge on any atom is -0.393 e. The molecule has 0 aromatic carbocycles. The second kappa shape index (κ2) is 7.41. The van der Waals surface area contributed by atoms with Crippen LogP contribution >= 0.6 is 46.1 Å². The summed E-state index contributed by atoms with van der Waals surface area (Å²) in [6.45, 7) is 2.03. The van der Waals surface area contributed by atoms with Crippen LogP contribution in [0.4, 0.5) is 0 Å². The second-order valence-corrected chi connectivity index (χ2v) is 7.66. The number of allylic oxidation sites excluding steroid dienone is 1. The fourth-order valence-electron chi connectivity index (χ4n) is 1.32. The fraction of sp³-hybridized carbons (Fsp3) is 0.800. The summed E-state index contributed by atoms with van der Waals surface area (Å²) in [5.74, 6) is 2.54. The van der Waals surface area contributed by atoms with Crippen molar-refractivity contribution < 1.29 is 5.11 Å². The molecule has 1 nitrogen and oxygen atoms in total. The molecule has 0 amide bonds. The van der Waals surface area contributed by atoms with Crippen LogP contribution < -0.4 is 0 Å². The molecule has 1 saturated heterocycles. The van der Waals surface area contributed by atoms with Crippen LogP contribution in [0.5, 0.6) is 0 Å². The van der Waals surface area contributed by atoms with E-state index in [0.717, 1.165) is 12.8 Å². The molecule has 0 radical (unpaired) electrons. The van der Waals surface area contributed by atoms with E-state index in [4.69, 9.17) is 0 Å². The molecule has 1 aliphatic rings. The Morgan fingerprint density at radius 3 is 2.79 bits per heavy atom. The summed E-state index contributed by atoms with van der Waals surface area (Å²) in [7, 11) is 0. The molecule has 4 heteroatoms. The molecule has 1 atom stereocenters. The van der Waals surface area contributed by atoms with Crippen molar-refractivity contribution in [3.8, 4) is 0 Å². The first-order valence-corrected chi connectivity index (χ1v) is 8.12. The minimum atomic E-state index is -0.152. The Balaban J connectivity index is 2.21. The highest BCUT2D eigenvalue weighted by Gasteiger charge is 2.18. The maximum Gasteiger partial charge on any atom is 0.0603 e. The van der Waals surface area contributed by atoms with Gasteiger partial charge in [0.1, 0.15) is 0 Å². The quantitative estimate of drug-likeness (QED) is 0.786. The lowest BCUT2D eigenvalue weighted by atomic mass is 10.2. The summed E-state index contributed by atoms with van der Waals surface area (Å²) in [5.41, 5.74) is 0. The van der Waals surface area contributed by atoms with Gasteiger partial charge in [0.2, 0.25) is 0 Å². The van der Waals surface area contributed by atoms with E-state index in [-0.39, 0.29) is 6.10 Å². The highest BCUT2D eigenvalue weighted by atomic mass is 127. The molecule has 1 unspecified atom stereocenters. The van der Waals surface area contributed by atoms with Gasteiger partial charge in [-0.05, 0) is 57.4 Å². The fourth-order valence-corrected chi connectivity index (χ4v) is 4.84. The first-order chi connectivity index (χ1) is 6.72. The first kappa shape index (κ1) is 13.2. The van der Waals surface area contributed by atoms with Gasteiger partial charge in [0.15, 0.2) is 0 Å². The van der Waals surface area contributed by atoms with E-state index in [9.17, 15) is 5.11 Å². The molecule has 14 heavy (non-hydrogen) atoms.